The third kappa shape index (κ3) is 3.61. The second kappa shape index (κ2) is 5.38. The van der Waals surface area contributed by atoms with Crippen LogP contribution < -0.4 is 11.1 Å². The van der Waals surface area contributed by atoms with Gasteiger partial charge in [-0.1, -0.05) is 11.6 Å². The van der Waals surface area contributed by atoms with Crippen LogP contribution in [0.4, 0.5) is 5.69 Å². The zero-order valence-electron chi connectivity index (χ0n) is 10.2. The number of rotatable bonds is 2. The van der Waals surface area contributed by atoms with E-state index in [4.69, 9.17) is 17.3 Å². The molecule has 1 aromatic carbocycles. The molecule has 1 amide bonds. The molecule has 0 aromatic heterocycles. The Bertz CT molecular complexity index is 587. The number of carbonyl (C=O) groups excluding carboxylic acids is 1. The van der Waals surface area contributed by atoms with Crippen molar-refractivity contribution in [3.05, 3.63) is 28.8 Å². The van der Waals surface area contributed by atoms with Crippen molar-refractivity contribution in [1.29, 1.82) is 0 Å². The van der Waals surface area contributed by atoms with Crippen LogP contribution in [0.5, 0.6) is 0 Å². The maximum atomic E-state index is 12.0. The van der Waals surface area contributed by atoms with Crippen LogP contribution in [0.2, 0.25) is 5.02 Å². The summed E-state index contributed by atoms with van der Waals surface area (Å²) >= 11 is 5.85. The Kier molecular flexibility index (Phi) is 4.01. The molecule has 7 heteroatoms. The number of anilines is 1. The van der Waals surface area contributed by atoms with Crippen molar-refractivity contribution in [3.63, 3.8) is 0 Å². The van der Waals surface area contributed by atoms with Crippen molar-refractivity contribution in [1.82, 2.24) is 5.32 Å². The highest BCUT2D eigenvalue weighted by molar-refractivity contribution is 7.91. The van der Waals surface area contributed by atoms with Crippen molar-refractivity contribution < 1.29 is 13.2 Å². The Morgan fingerprint density at radius 1 is 1.32 bits per heavy atom. The smallest absolute Gasteiger partial charge is 0.251 e. The zero-order chi connectivity index (χ0) is 14.0. The average molecular weight is 303 g/mol. The lowest BCUT2D eigenvalue weighted by atomic mass is 10.1. The van der Waals surface area contributed by atoms with Gasteiger partial charge in [0.25, 0.3) is 5.91 Å². The first kappa shape index (κ1) is 14.1. The van der Waals surface area contributed by atoms with Crippen LogP contribution in [-0.4, -0.2) is 31.9 Å². The minimum absolute atomic E-state index is 0.104. The van der Waals surface area contributed by atoms with Crippen LogP contribution in [0, 0.1) is 0 Å². The van der Waals surface area contributed by atoms with Gasteiger partial charge < -0.3 is 11.1 Å². The number of amides is 1. The molecule has 0 bridgehead atoms. The monoisotopic (exact) mass is 302 g/mol. The van der Waals surface area contributed by atoms with E-state index in [9.17, 15) is 13.2 Å². The molecule has 0 unspecified atom stereocenters. The summed E-state index contributed by atoms with van der Waals surface area (Å²) in [5, 5.41) is 3.15. The third-order valence-electron chi connectivity index (χ3n) is 3.15. The Morgan fingerprint density at radius 3 is 2.53 bits per heavy atom. The first-order chi connectivity index (χ1) is 8.87. The van der Waals surface area contributed by atoms with Crippen molar-refractivity contribution >= 4 is 33.0 Å². The standard InChI is InChI=1S/C12H15ClN2O3S/c13-10-7-8(1-2-11(10)14)12(16)15-9-3-5-19(17,18)6-4-9/h1-2,7,9H,3-6,14H2,(H,15,16). The average Bonchev–Trinajstić information content (AvgIpc) is 2.35. The lowest BCUT2D eigenvalue weighted by Gasteiger charge is -2.23. The van der Waals surface area contributed by atoms with Crippen LogP contribution in [0.3, 0.4) is 0 Å². The molecular formula is C12H15ClN2O3S. The van der Waals surface area contributed by atoms with Crippen LogP contribution in [-0.2, 0) is 9.84 Å². The molecular weight excluding hydrogens is 288 g/mol. The number of nitrogen functional groups attached to an aromatic ring is 1. The molecule has 1 heterocycles. The van der Waals surface area contributed by atoms with E-state index in [0.29, 0.717) is 29.1 Å². The second-order valence-corrected chi connectivity index (χ2v) is 7.35. The topological polar surface area (TPSA) is 89.3 Å². The maximum Gasteiger partial charge on any atom is 0.251 e. The van der Waals surface area contributed by atoms with Crippen LogP contribution in [0.25, 0.3) is 0 Å². The van der Waals surface area contributed by atoms with E-state index < -0.39 is 9.84 Å². The van der Waals surface area contributed by atoms with Gasteiger partial charge in [0.05, 0.1) is 22.2 Å². The zero-order valence-corrected chi connectivity index (χ0v) is 11.8. The number of hydrogen-bond donors (Lipinski definition) is 2. The Labute approximate surface area is 117 Å². The molecule has 0 atom stereocenters. The first-order valence-corrected chi connectivity index (χ1v) is 8.14. The molecule has 3 N–H and O–H groups in total. The van der Waals surface area contributed by atoms with Gasteiger partial charge in [-0.2, -0.15) is 0 Å². The lowest BCUT2D eigenvalue weighted by Crippen LogP contribution is -2.40. The number of halogens is 1. The van der Waals surface area contributed by atoms with Gasteiger partial charge in [-0.25, -0.2) is 8.42 Å². The molecule has 104 valence electrons. The minimum atomic E-state index is -2.92. The summed E-state index contributed by atoms with van der Waals surface area (Å²) in [6, 6.07) is 4.57. The summed E-state index contributed by atoms with van der Waals surface area (Å²) in [5.74, 6) is -0.00728. The van der Waals surface area contributed by atoms with Crippen molar-refractivity contribution in [2.75, 3.05) is 17.2 Å². The molecule has 2 rings (SSSR count). The molecule has 1 aliphatic rings. The second-order valence-electron chi connectivity index (χ2n) is 4.64. The summed E-state index contributed by atoms with van der Waals surface area (Å²) in [6.07, 6.45) is 0.910. The predicted octanol–water partition coefficient (Wildman–Crippen LogP) is 1.23. The number of benzene rings is 1. The SMILES string of the molecule is Nc1ccc(C(=O)NC2CCS(=O)(=O)CC2)cc1Cl. The van der Waals surface area contributed by atoms with Gasteiger partial charge in [-0.3, -0.25) is 4.79 Å². The van der Waals surface area contributed by atoms with E-state index in [-0.39, 0.29) is 23.5 Å². The quantitative estimate of drug-likeness (QED) is 0.804. The van der Waals surface area contributed by atoms with Crippen molar-refractivity contribution in [3.8, 4) is 0 Å². The number of sulfone groups is 1. The largest absolute Gasteiger partial charge is 0.398 e. The molecule has 1 saturated heterocycles. The predicted molar refractivity (Wildman–Crippen MR) is 75.0 cm³/mol. The summed E-state index contributed by atoms with van der Waals surface area (Å²) in [5.41, 5.74) is 6.41. The summed E-state index contributed by atoms with van der Waals surface area (Å²) < 4.78 is 22.6. The lowest BCUT2D eigenvalue weighted by molar-refractivity contribution is 0.0934. The molecule has 1 fully saturated rings. The maximum absolute atomic E-state index is 12.0. The van der Waals surface area contributed by atoms with Crippen LogP contribution >= 0.6 is 11.6 Å². The van der Waals surface area contributed by atoms with E-state index in [1.165, 1.54) is 6.07 Å². The number of hydrogen-bond acceptors (Lipinski definition) is 4. The molecule has 0 spiro atoms. The fraction of sp³-hybridized carbons (Fsp3) is 0.417. The third-order valence-corrected chi connectivity index (χ3v) is 5.20. The molecule has 19 heavy (non-hydrogen) atoms. The summed E-state index contributed by atoms with van der Waals surface area (Å²) in [6.45, 7) is 0. The summed E-state index contributed by atoms with van der Waals surface area (Å²) in [7, 11) is -2.92. The van der Waals surface area contributed by atoms with E-state index in [1.54, 1.807) is 12.1 Å². The van der Waals surface area contributed by atoms with Gasteiger partial charge in [-0.15, -0.1) is 0 Å². The molecule has 1 aliphatic heterocycles. The Morgan fingerprint density at radius 2 is 1.95 bits per heavy atom. The van der Waals surface area contributed by atoms with Gasteiger partial charge in [0, 0.05) is 11.6 Å². The van der Waals surface area contributed by atoms with Crippen molar-refractivity contribution in [2.24, 2.45) is 0 Å². The molecule has 1 aromatic rings. The van der Waals surface area contributed by atoms with Gasteiger partial charge in [-0.05, 0) is 31.0 Å². The fourth-order valence-electron chi connectivity index (χ4n) is 1.97. The van der Waals surface area contributed by atoms with Gasteiger partial charge >= 0.3 is 0 Å². The summed E-state index contributed by atoms with van der Waals surface area (Å²) in [4.78, 5) is 12.0. The van der Waals surface area contributed by atoms with E-state index in [2.05, 4.69) is 5.32 Å². The highest BCUT2D eigenvalue weighted by atomic mass is 35.5. The highest BCUT2D eigenvalue weighted by Gasteiger charge is 2.24. The first-order valence-electron chi connectivity index (χ1n) is 5.94. The normalized spacial score (nSPS) is 19.0. The van der Waals surface area contributed by atoms with Crippen molar-refractivity contribution in [2.45, 2.75) is 18.9 Å². The number of nitrogens with two attached hydrogens (primary N) is 1. The Hall–Kier alpha value is -1.27. The minimum Gasteiger partial charge on any atom is -0.398 e. The van der Waals surface area contributed by atoms with E-state index in [1.807, 2.05) is 0 Å². The number of carbonyl (C=O) groups is 1. The molecule has 5 nitrogen and oxygen atoms in total. The van der Waals surface area contributed by atoms with Crippen LogP contribution in [0.1, 0.15) is 23.2 Å². The van der Waals surface area contributed by atoms with Gasteiger partial charge in [0.15, 0.2) is 0 Å². The van der Waals surface area contributed by atoms with E-state index in [0.717, 1.165) is 0 Å². The molecule has 0 aliphatic carbocycles. The fourth-order valence-corrected chi connectivity index (χ4v) is 3.64. The van der Waals surface area contributed by atoms with E-state index >= 15 is 0 Å². The number of nitrogens with one attached hydrogen (secondary N) is 1. The van der Waals surface area contributed by atoms with Gasteiger partial charge in [0.1, 0.15) is 9.84 Å². The highest BCUT2D eigenvalue weighted by Crippen LogP contribution is 2.20. The Balaban J connectivity index is 2.00. The van der Waals surface area contributed by atoms with Crippen LogP contribution in [0.15, 0.2) is 18.2 Å². The van der Waals surface area contributed by atoms with Gasteiger partial charge in [0.2, 0.25) is 0 Å². The molecule has 0 radical (unpaired) electrons. The molecule has 0 saturated carbocycles.